The monoisotopic (exact) mass is 174 g/mol. The van der Waals surface area contributed by atoms with Crippen LogP contribution in [0.1, 0.15) is 6.92 Å². The highest BCUT2D eigenvalue weighted by molar-refractivity contribution is 7.83. The quantitative estimate of drug-likeness (QED) is 0.342. The molecule has 1 rings (SSSR count). The minimum absolute atomic E-state index is 0.285. The predicted molar refractivity (Wildman–Crippen MR) is 46.3 cm³/mol. The lowest BCUT2D eigenvalue weighted by Crippen LogP contribution is -2.31. The van der Waals surface area contributed by atoms with Crippen LogP contribution in [0.3, 0.4) is 0 Å². The Hall–Kier alpha value is -0.540. The lowest BCUT2D eigenvalue weighted by Gasteiger charge is -2.16. The highest BCUT2D eigenvalue weighted by Crippen LogP contribution is 2.14. The molecule has 0 aromatic heterocycles. The summed E-state index contributed by atoms with van der Waals surface area (Å²) in [4.78, 5) is 0. The van der Waals surface area contributed by atoms with Gasteiger partial charge in [0.1, 0.15) is 0 Å². The van der Waals surface area contributed by atoms with Crippen molar-refractivity contribution in [3.8, 4) is 0 Å². The van der Waals surface area contributed by atoms with Crippen LogP contribution < -0.4 is 5.43 Å². The van der Waals surface area contributed by atoms with Gasteiger partial charge in [0.15, 0.2) is 4.45 Å². The van der Waals surface area contributed by atoms with Crippen molar-refractivity contribution < 1.29 is 0 Å². The predicted octanol–water partition coefficient (Wildman–Crippen LogP) is 1.75. The summed E-state index contributed by atoms with van der Waals surface area (Å²) in [7, 11) is 0. The Kier molecular flexibility index (Phi) is 1.97. The average Bonchev–Trinajstić information content (AvgIpc) is 2.10. The van der Waals surface area contributed by atoms with Crippen molar-refractivity contribution >= 4 is 28.3 Å². The SMILES string of the molecule is C=C1C=C(C)N(C(=S)Cl)N1. The molecule has 4 heteroatoms. The van der Waals surface area contributed by atoms with Gasteiger partial charge in [-0.3, -0.25) is 5.43 Å². The molecule has 0 fully saturated rings. The molecule has 0 aromatic rings. The molecule has 0 aliphatic carbocycles. The molecule has 0 aromatic carbocycles. The van der Waals surface area contributed by atoms with Crippen molar-refractivity contribution in [3.63, 3.8) is 0 Å². The topological polar surface area (TPSA) is 15.3 Å². The van der Waals surface area contributed by atoms with E-state index in [0.717, 1.165) is 11.4 Å². The van der Waals surface area contributed by atoms with Crippen molar-refractivity contribution in [2.24, 2.45) is 0 Å². The summed E-state index contributed by atoms with van der Waals surface area (Å²) in [5, 5.41) is 1.60. The average molecular weight is 175 g/mol. The molecular formula is C6H7ClN2S. The number of halogens is 1. The van der Waals surface area contributed by atoms with Crippen LogP contribution in [0.5, 0.6) is 0 Å². The number of rotatable bonds is 0. The van der Waals surface area contributed by atoms with Crippen LogP contribution >= 0.6 is 23.8 Å². The minimum Gasteiger partial charge on any atom is -0.293 e. The van der Waals surface area contributed by atoms with Gasteiger partial charge in [-0.1, -0.05) is 6.58 Å². The van der Waals surface area contributed by atoms with Gasteiger partial charge in [-0.05, 0) is 36.8 Å². The second kappa shape index (κ2) is 2.60. The van der Waals surface area contributed by atoms with Gasteiger partial charge in [-0.15, -0.1) is 0 Å². The molecule has 0 atom stereocenters. The van der Waals surface area contributed by atoms with Gasteiger partial charge in [-0.25, -0.2) is 5.01 Å². The molecule has 0 spiro atoms. The zero-order chi connectivity index (χ0) is 7.72. The standard InChI is InChI=1S/C6H7ClN2S/c1-4-3-5(2)9(8-4)6(7)10/h3,8H,1H2,2H3. The Balaban J connectivity index is 2.78. The van der Waals surface area contributed by atoms with Crippen molar-refractivity contribution in [2.75, 3.05) is 0 Å². The number of hydrogen-bond acceptors (Lipinski definition) is 2. The van der Waals surface area contributed by atoms with Crippen LogP contribution in [-0.4, -0.2) is 9.46 Å². The number of thiocarbonyl (C=S) groups is 1. The van der Waals surface area contributed by atoms with Crippen molar-refractivity contribution in [1.29, 1.82) is 0 Å². The van der Waals surface area contributed by atoms with Crippen molar-refractivity contribution in [1.82, 2.24) is 10.4 Å². The van der Waals surface area contributed by atoms with Crippen molar-refractivity contribution in [3.05, 3.63) is 24.0 Å². The number of allylic oxidation sites excluding steroid dienone is 2. The van der Waals surface area contributed by atoms with Crippen LogP contribution in [0.15, 0.2) is 24.0 Å². The highest BCUT2D eigenvalue weighted by Gasteiger charge is 2.14. The van der Waals surface area contributed by atoms with Crippen LogP contribution in [-0.2, 0) is 0 Å². The second-order valence-electron chi connectivity index (χ2n) is 2.01. The maximum Gasteiger partial charge on any atom is 0.193 e. The zero-order valence-electron chi connectivity index (χ0n) is 5.52. The largest absolute Gasteiger partial charge is 0.293 e. The Morgan fingerprint density at radius 2 is 2.50 bits per heavy atom. The fourth-order valence-electron chi connectivity index (χ4n) is 0.763. The summed E-state index contributed by atoms with van der Waals surface area (Å²) < 4.78 is 0.285. The highest BCUT2D eigenvalue weighted by atomic mass is 35.5. The van der Waals surface area contributed by atoms with E-state index >= 15 is 0 Å². The summed E-state index contributed by atoms with van der Waals surface area (Å²) in [6, 6.07) is 0. The van der Waals surface area contributed by atoms with Crippen LogP contribution in [0.4, 0.5) is 0 Å². The van der Waals surface area contributed by atoms with Crippen LogP contribution in [0.25, 0.3) is 0 Å². The minimum atomic E-state index is 0.285. The van der Waals surface area contributed by atoms with E-state index in [0.29, 0.717) is 0 Å². The Morgan fingerprint density at radius 3 is 2.70 bits per heavy atom. The molecule has 1 heterocycles. The number of nitrogens with zero attached hydrogens (tertiary/aromatic N) is 1. The molecule has 0 unspecified atom stereocenters. The first-order chi connectivity index (χ1) is 4.61. The van der Waals surface area contributed by atoms with E-state index in [1.165, 1.54) is 0 Å². The number of hydrazine groups is 1. The third-order valence-electron chi connectivity index (χ3n) is 1.17. The Labute approximate surface area is 70.1 Å². The lowest BCUT2D eigenvalue weighted by molar-refractivity contribution is 0.474. The van der Waals surface area contributed by atoms with Crippen LogP contribution in [0.2, 0.25) is 0 Å². The summed E-state index contributed by atoms with van der Waals surface area (Å²) in [6.45, 7) is 5.59. The molecule has 54 valence electrons. The fourth-order valence-corrected chi connectivity index (χ4v) is 1.13. The molecule has 2 nitrogen and oxygen atoms in total. The molecule has 0 radical (unpaired) electrons. The molecular weight excluding hydrogens is 168 g/mol. The molecule has 0 saturated carbocycles. The van der Waals surface area contributed by atoms with Gasteiger partial charge in [0, 0.05) is 11.4 Å². The van der Waals surface area contributed by atoms with E-state index in [4.69, 9.17) is 23.8 Å². The fraction of sp³-hybridized carbons (Fsp3) is 0.167. The molecule has 0 amide bonds. The smallest absolute Gasteiger partial charge is 0.193 e. The first-order valence-corrected chi connectivity index (χ1v) is 3.53. The van der Waals surface area contributed by atoms with E-state index < -0.39 is 0 Å². The normalized spacial score (nSPS) is 16.8. The number of hydrogen-bond donors (Lipinski definition) is 1. The Morgan fingerprint density at radius 1 is 1.90 bits per heavy atom. The molecule has 1 aliphatic heterocycles. The van der Waals surface area contributed by atoms with Gasteiger partial charge in [0.2, 0.25) is 0 Å². The molecule has 10 heavy (non-hydrogen) atoms. The number of nitrogens with one attached hydrogen (secondary N) is 1. The molecule has 1 aliphatic rings. The maximum absolute atomic E-state index is 5.56. The maximum atomic E-state index is 5.56. The van der Waals surface area contributed by atoms with Gasteiger partial charge in [0.05, 0.1) is 0 Å². The van der Waals surface area contributed by atoms with E-state index in [9.17, 15) is 0 Å². The summed E-state index contributed by atoms with van der Waals surface area (Å²) >= 11 is 10.3. The first-order valence-electron chi connectivity index (χ1n) is 2.74. The first kappa shape index (κ1) is 7.57. The second-order valence-corrected chi connectivity index (χ2v) is 2.98. The third-order valence-corrected chi connectivity index (χ3v) is 1.52. The Bertz CT molecular complexity index is 222. The summed E-state index contributed by atoms with van der Waals surface area (Å²) in [5.41, 5.74) is 4.65. The van der Waals surface area contributed by atoms with Gasteiger partial charge in [-0.2, -0.15) is 0 Å². The summed E-state index contributed by atoms with van der Waals surface area (Å²) in [6.07, 6.45) is 1.87. The summed E-state index contributed by atoms with van der Waals surface area (Å²) in [5.74, 6) is 0. The van der Waals surface area contributed by atoms with Gasteiger partial charge in [0.25, 0.3) is 0 Å². The van der Waals surface area contributed by atoms with Gasteiger partial charge >= 0.3 is 0 Å². The molecule has 0 saturated heterocycles. The van der Waals surface area contributed by atoms with E-state index in [-0.39, 0.29) is 4.45 Å². The van der Waals surface area contributed by atoms with E-state index in [1.54, 1.807) is 5.01 Å². The van der Waals surface area contributed by atoms with Gasteiger partial charge < -0.3 is 0 Å². The van der Waals surface area contributed by atoms with Crippen molar-refractivity contribution in [2.45, 2.75) is 6.92 Å². The third kappa shape index (κ3) is 1.30. The van der Waals surface area contributed by atoms with Crippen LogP contribution in [0, 0.1) is 0 Å². The van der Waals surface area contributed by atoms with E-state index in [2.05, 4.69) is 12.0 Å². The van der Waals surface area contributed by atoms with E-state index in [1.807, 2.05) is 13.0 Å². The zero-order valence-corrected chi connectivity index (χ0v) is 7.09. The molecule has 1 N–H and O–H groups in total. The lowest BCUT2D eigenvalue weighted by atomic mass is 10.4. The molecule has 0 bridgehead atoms.